The summed E-state index contributed by atoms with van der Waals surface area (Å²) in [4.78, 5) is 58.9. The Morgan fingerprint density at radius 1 is 0.737 bits per heavy atom. The number of nitrogens with zero attached hydrogens (tertiary/aromatic N) is 5. The number of hydrogen-bond donors (Lipinski definition) is 4. The Labute approximate surface area is 227 Å². The molecular formula is C24H37N9O4S. The predicted molar refractivity (Wildman–Crippen MR) is 146 cm³/mol. The van der Waals surface area contributed by atoms with Gasteiger partial charge in [0, 0.05) is 51.9 Å². The van der Waals surface area contributed by atoms with Gasteiger partial charge in [0.25, 0.3) is 0 Å². The Hall–Kier alpha value is -3.26. The molecule has 2 rings (SSSR count). The van der Waals surface area contributed by atoms with Crippen molar-refractivity contribution in [2.45, 2.75) is 12.5 Å². The van der Waals surface area contributed by atoms with E-state index in [2.05, 4.69) is 22.4 Å². The lowest BCUT2D eigenvalue weighted by Gasteiger charge is -2.38. The molecular weight excluding hydrogens is 510 g/mol. The van der Waals surface area contributed by atoms with Crippen LogP contribution in [0.15, 0.2) is 29.3 Å². The fraction of sp³-hybridized carbons (Fsp3) is 0.542. The maximum atomic E-state index is 12.0. The minimum Gasteiger partial charge on any atom is -0.369 e. The van der Waals surface area contributed by atoms with Crippen LogP contribution in [0.3, 0.4) is 0 Å². The Bertz CT molecular complexity index is 1020. The maximum Gasteiger partial charge on any atom is 0.231 e. The quantitative estimate of drug-likeness (QED) is 0.171. The van der Waals surface area contributed by atoms with Gasteiger partial charge in [0.15, 0.2) is 0 Å². The molecule has 1 heterocycles. The van der Waals surface area contributed by atoms with Crippen molar-refractivity contribution in [3.63, 3.8) is 0 Å². The average molecular weight is 548 g/mol. The zero-order valence-electron chi connectivity index (χ0n) is 21.5. The van der Waals surface area contributed by atoms with Gasteiger partial charge >= 0.3 is 0 Å². The molecule has 0 saturated carbocycles. The summed E-state index contributed by atoms with van der Waals surface area (Å²) in [6.07, 6.45) is 0.533. The van der Waals surface area contributed by atoms with Gasteiger partial charge in [-0.05, 0) is 36.3 Å². The van der Waals surface area contributed by atoms with Gasteiger partial charge in [-0.15, -0.1) is 0 Å². The van der Waals surface area contributed by atoms with Crippen LogP contribution in [-0.4, -0.2) is 126 Å². The molecule has 8 N–H and O–H groups in total. The topological polar surface area (TPSA) is 198 Å². The van der Waals surface area contributed by atoms with Crippen molar-refractivity contribution >= 4 is 46.7 Å². The van der Waals surface area contributed by atoms with E-state index in [1.807, 2.05) is 43.9 Å². The fourth-order valence-corrected chi connectivity index (χ4v) is 4.61. The van der Waals surface area contributed by atoms with Gasteiger partial charge in [0.1, 0.15) is 0 Å². The molecule has 4 amide bonds. The van der Waals surface area contributed by atoms with Crippen LogP contribution in [0, 0.1) is 0 Å². The number of benzene rings is 1. The Morgan fingerprint density at radius 3 is 1.66 bits per heavy atom. The highest BCUT2D eigenvalue weighted by atomic mass is 32.1. The normalized spacial score (nSPS) is 19.0. The van der Waals surface area contributed by atoms with Gasteiger partial charge in [0.05, 0.1) is 37.0 Å². The molecule has 0 spiro atoms. The molecule has 1 saturated heterocycles. The summed E-state index contributed by atoms with van der Waals surface area (Å²) in [7, 11) is 0. The van der Waals surface area contributed by atoms with E-state index in [0.29, 0.717) is 57.9 Å². The highest BCUT2D eigenvalue weighted by Crippen LogP contribution is 2.17. The van der Waals surface area contributed by atoms with Crippen LogP contribution in [0.2, 0.25) is 0 Å². The van der Waals surface area contributed by atoms with Crippen LogP contribution in [0.5, 0.6) is 0 Å². The molecule has 0 radical (unpaired) electrons. The summed E-state index contributed by atoms with van der Waals surface area (Å²) in [5, 5.41) is 2.34. The van der Waals surface area contributed by atoms with E-state index in [4.69, 9.17) is 22.9 Å². The van der Waals surface area contributed by atoms with Crippen molar-refractivity contribution < 1.29 is 19.2 Å². The first kappa shape index (κ1) is 31.0. The van der Waals surface area contributed by atoms with Crippen molar-refractivity contribution in [1.82, 2.24) is 19.6 Å². The molecule has 1 atom stereocenters. The summed E-state index contributed by atoms with van der Waals surface area (Å²) in [5.41, 5.74) is 23.7. The lowest BCUT2D eigenvalue weighted by molar-refractivity contribution is -0.122. The van der Waals surface area contributed by atoms with Crippen molar-refractivity contribution in [1.29, 1.82) is 0 Å². The number of isothiocyanates is 1. The first-order chi connectivity index (χ1) is 18.0. The van der Waals surface area contributed by atoms with E-state index >= 15 is 0 Å². The monoisotopic (exact) mass is 547 g/mol. The number of nitrogens with two attached hydrogens (primary N) is 4. The molecule has 38 heavy (non-hydrogen) atoms. The first-order valence-corrected chi connectivity index (χ1v) is 12.7. The highest BCUT2D eigenvalue weighted by molar-refractivity contribution is 7.78. The van der Waals surface area contributed by atoms with Gasteiger partial charge in [-0.25, -0.2) is 0 Å². The lowest BCUT2D eigenvalue weighted by atomic mass is 10.0. The molecule has 0 aliphatic carbocycles. The second kappa shape index (κ2) is 15.9. The smallest absolute Gasteiger partial charge is 0.231 e. The molecule has 1 aliphatic heterocycles. The van der Waals surface area contributed by atoms with Crippen molar-refractivity contribution in [3.05, 3.63) is 29.8 Å². The summed E-state index contributed by atoms with van der Waals surface area (Å²) in [6, 6.07) is 7.23. The van der Waals surface area contributed by atoms with E-state index in [0.717, 1.165) is 5.56 Å². The van der Waals surface area contributed by atoms with Gasteiger partial charge in [0.2, 0.25) is 23.6 Å². The highest BCUT2D eigenvalue weighted by Gasteiger charge is 2.26. The first-order valence-electron chi connectivity index (χ1n) is 12.3. The molecule has 0 aromatic heterocycles. The van der Waals surface area contributed by atoms with Crippen molar-refractivity contribution in [2.24, 2.45) is 27.9 Å². The van der Waals surface area contributed by atoms with E-state index in [1.165, 1.54) is 0 Å². The molecule has 0 bridgehead atoms. The number of hydrogen-bond acceptors (Lipinski definition) is 10. The van der Waals surface area contributed by atoms with Crippen LogP contribution >= 0.6 is 12.2 Å². The van der Waals surface area contributed by atoms with Crippen LogP contribution < -0.4 is 22.9 Å². The Balaban J connectivity index is 2.41. The van der Waals surface area contributed by atoms with Crippen molar-refractivity contribution in [2.75, 3.05) is 72.0 Å². The molecule has 14 heteroatoms. The van der Waals surface area contributed by atoms with E-state index < -0.39 is 23.6 Å². The largest absolute Gasteiger partial charge is 0.369 e. The molecule has 1 aliphatic rings. The minimum atomic E-state index is -0.497. The lowest BCUT2D eigenvalue weighted by Crippen LogP contribution is -2.54. The van der Waals surface area contributed by atoms with Crippen LogP contribution in [-0.2, 0) is 25.6 Å². The molecule has 0 unspecified atom stereocenters. The molecule has 1 fully saturated rings. The van der Waals surface area contributed by atoms with E-state index in [-0.39, 0.29) is 32.2 Å². The van der Waals surface area contributed by atoms with E-state index in [9.17, 15) is 19.2 Å². The van der Waals surface area contributed by atoms with Crippen LogP contribution in [0.25, 0.3) is 0 Å². The summed E-state index contributed by atoms with van der Waals surface area (Å²) in [5.74, 6) is -1.95. The summed E-state index contributed by atoms with van der Waals surface area (Å²) >= 11 is 4.67. The third kappa shape index (κ3) is 11.9. The third-order valence-electron chi connectivity index (χ3n) is 6.23. The zero-order valence-corrected chi connectivity index (χ0v) is 22.3. The molecule has 1 aromatic rings. The number of amides is 4. The number of carbonyl (C=O) groups excluding carboxylic acids is 4. The van der Waals surface area contributed by atoms with Gasteiger partial charge in [-0.2, -0.15) is 4.99 Å². The zero-order chi connectivity index (χ0) is 28.1. The summed E-state index contributed by atoms with van der Waals surface area (Å²) < 4.78 is 0. The maximum absolute atomic E-state index is 12.0. The number of aliphatic imine (C=N–C) groups is 1. The second-order valence-corrected chi connectivity index (χ2v) is 9.53. The number of rotatable bonds is 11. The Kier molecular flexibility index (Phi) is 12.9. The third-order valence-corrected chi connectivity index (χ3v) is 6.32. The molecule has 208 valence electrons. The number of carbonyl (C=O) groups is 4. The minimum absolute atomic E-state index is 0.00143. The standard InChI is InChI=1S/C24H37N9O4S/c25-21(34)13-30-5-6-31(14-22(26)35)9-10-33(16-24(28)37)20(12-32(8-7-30)15-23(27)36)11-18-1-3-19(4-2-18)29-17-38/h1-4,20H,5-16H2,(H2,25,34)(H2,26,35)(H2,27,36)(H2,28,37)/t20-/m0/s1. The average Bonchev–Trinajstić information content (AvgIpc) is 2.82. The molecule has 13 nitrogen and oxygen atoms in total. The Morgan fingerprint density at radius 2 is 1.18 bits per heavy atom. The second-order valence-electron chi connectivity index (χ2n) is 9.35. The van der Waals surface area contributed by atoms with Crippen LogP contribution in [0.4, 0.5) is 5.69 Å². The summed E-state index contributed by atoms with van der Waals surface area (Å²) in [6.45, 7) is 3.04. The molecule has 1 aromatic carbocycles. The van der Waals surface area contributed by atoms with E-state index in [1.54, 1.807) is 0 Å². The van der Waals surface area contributed by atoms with Crippen molar-refractivity contribution in [3.8, 4) is 0 Å². The van der Waals surface area contributed by atoms with Crippen LogP contribution in [0.1, 0.15) is 5.56 Å². The van der Waals surface area contributed by atoms with Gasteiger partial charge in [-0.1, -0.05) is 12.1 Å². The number of thiocarbonyl (C=S) groups is 1. The SMILES string of the molecule is NC(=O)CN1CCN(CC(N)=O)CCN(CC(N)=O)[C@@H](Cc2ccc(N=C=S)cc2)CN(CC(N)=O)CC1. The number of primary amides is 4. The van der Waals surface area contributed by atoms with Gasteiger partial charge < -0.3 is 22.9 Å². The fourth-order valence-electron chi connectivity index (χ4n) is 4.50. The van der Waals surface area contributed by atoms with Gasteiger partial charge in [-0.3, -0.25) is 38.8 Å². The predicted octanol–water partition coefficient (Wildman–Crippen LogP) is -2.51.